The second-order valence-corrected chi connectivity index (χ2v) is 7.16. The standard InChI is InChI=1S/C20H19BN4O2/c21-18-2-1-14(27-18)12-24-8-4-13(5-9-24)25-10-6-17(26)16-11-23-20-15(19(16)25)3-7-22-20/h1-3,6-7,10-11,13H,4-5,8-9,12H2,(H,22,23). The van der Waals surface area contributed by atoms with Crippen molar-refractivity contribution in [2.75, 3.05) is 13.1 Å². The summed E-state index contributed by atoms with van der Waals surface area (Å²) in [5.74, 6) is 0.903. The van der Waals surface area contributed by atoms with Crippen LogP contribution in [0, 0.1) is 0 Å². The van der Waals surface area contributed by atoms with E-state index in [2.05, 4.69) is 19.4 Å². The van der Waals surface area contributed by atoms with Gasteiger partial charge in [-0.05, 0) is 31.0 Å². The van der Waals surface area contributed by atoms with E-state index in [1.54, 1.807) is 18.3 Å². The molecule has 27 heavy (non-hydrogen) atoms. The number of aromatic amines is 1. The molecule has 0 saturated carbocycles. The molecule has 0 spiro atoms. The molecule has 1 aliphatic heterocycles. The highest BCUT2D eigenvalue weighted by molar-refractivity contribution is 6.29. The summed E-state index contributed by atoms with van der Waals surface area (Å²) in [5.41, 5.74) is 2.27. The zero-order chi connectivity index (χ0) is 18.4. The Labute approximate surface area is 157 Å². The van der Waals surface area contributed by atoms with Crippen molar-refractivity contribution in [3.05, 3.63) is 58.8 Å². The normalized spacial score (nSPS) is 16.4. The van der Waals surface area contributed by atoms with Crippen LogP contribution in [-0.2, 0) is 6.54 Å². The van der Waals surface area contributed by atoms with E-state index >= 15 is 0 Å². The fraction of sp³-hybridized carbons (Fsp3) is 0.300. The molecule has 0 aliphatic carbocycles. The molecule has 4 aromatic rings. The number of piperidine rings is 1. The molecule has 1 fully saturated rings. The van der Waals surface area contributed by atoms with Crippen LogP contribution in [0.5, 0.6) is 0 Å². The zero-order valence-electron chi connectivity index (χ0n) is 14.9. The van der Waals surface area contributed by atoms with Crippen molar-refractivity contribution < 1.29 is 4.42 Å². The van der Waals surface area contributed by atoms with Gasteiger partial charge in [0.25, 0.3) is 0 Å². The number of nitrogens with zero attached hydrogens (tertiary/aromatic N) is 3. The highest BCUT2D eigenvalue weighted by Crippen LogP contribution is 2.29. The Kier molecular flexibility index (Phi) is 3.90. The van der Waals surface area contributed by atoms with E-state index in [0.717, 1.165) is 54.8 Å². The minimum absolute atomic E-state index is 0.0182. The summed E-state index contributed by atoms with van der Waals surface area (Å²) in [7, 11) is 5.66. The van der Waals surface area contributed by atoms with Gasteiger partial charge in [0, 0.05) is 54.8 Å². The van der Waals surface area contributed by atoms with Gasteiger partial charge in [0.05, 0.1) is 17.4 Å². The summed E-state index contributed by atoms with van der Waals surface area (Å²) in [6.45, 7) is 2.72. The minimum atomic E-state index is 0.0182. The van der Waals surface area contributed by atoms with Crippen molar-refractivity contribution in [2.24, 2.45) is 0 Å². The van der Waals surface area contributed by atoms with Gasteiger partial charge >= 0.3 is 0 Å². The number of fused-ring (bicyclic) bond motifs is 3. The molecule has 1 aliphatic rings. The Balaban J connectivity index is 1.44. The van der Waals surface area contributed by atoms with Crippen LogP contribution in [0.1, 0.15) is 24.6 Å². The van der Waals surface area contributed by atoms with Gasteiger partial charge in [-0.25, -0.2) is 4.98 Å². The van der Waals surface area contributed by atoms with Gasteiger partial charge in [-0.15, -0.1) is 0 Å². The van der Waals surface area contributed by atoms with Gasteiger partial charge in [0.2, 0.25) is 0 Å². The number of furan rings is 1. The highest BCUT2D eigenvalue weighted by Gasteiger charge is 2.23. The molecule has 0 amide bonds. The Morgan fingerprint density at radius 3 is 2.81 bits per heavy atom. The van der Waals surface area contributed by atoms with Crippen molar-refractivity contribution in [2.45, 2.75) is 25.4 Å². The summed E-state index contributed by atoms with van der Waals surface area (Å²) in [6.07, 6.45) is 7.52. The summed E-state index contributed by atoms with van der Waals surface area (Å²) in [5, 5.41) is 1.68. The van der Waals surface area contributed by atoms with Crippen LogP contribution in [0.4, 0.5) is 0 Å². The largest absolute Gasteiger partial charge is 0.476 e. The molecule has 0 bridgehead atoms. The second kappa shape index (κ2) is 6.42. The van der Waals surface area contributed by atoms with E-state index in [-0.39, 0.29) is 5.43 Å². The first-order chi connectivity index (χ1) is 13.2. The average molecular weight is 358 g/mol. The maximum atomic E-state index is 12.3. The predicted octanol–water partition coefficient (Wildman–Crippen LogP) is 2.10. The van der Waals surface area contributed by atoms with Gasteiger partial charge in [0.15, 0.2) is 13.3 Å². The molecule has 7 heteroatoms. The van der Waals surface area contributed by atoms with E-state index in [4.69, 9.17) is 12.3 Å². The number of pyridine rings is 2. The van der Waals surface area contributed by atoms with E-state index in [1.165, 1.54) is 0 Å². The quantitative estimate of drug-likeness (QED) is 0.570. The van der Waals surface area contributed by atoms with Gasteiger partial charge in [-0.1, -0.05) is 0 Å². The molecule has 1 N–H and O–H groups in total. The molecule has 6 nitrogen and oxygen atoms in total. The molecular weight excluding hydrogens is 339 g/mol. The van der Waals surface area contributed by atoms with Gasteiger partial charge in [-0.3, -0.25) is 9.69 Å². The van der Waals surface area contributed by atoms with Crippen LogP contribution < -0.4 is 11.1 Å². The van der Waals surface area contributed by atoms with Crippen LogP contribution in [0.3, 0.4) is 0 Å². The van der Waals surface area contributed by atoms with Crippen LogP contribution in [-0.4, -0.2) is 40.4 Å². The molecule has 0 aromatic carbocycles. The molecule has 134 valence electrons. The summed E-state index contributed by atoms with van der Waals surface area (Å²) in [6, 6.07) is 7.74. The molecule has 1 saturated heterocycles. The maximum absolute atomic E-state index is 12.3. The summed E-state index contributed by atoms with van der Waals surface area (Å²) >= 11 is 0. The SMILES string of the molecule is [B]c1ccc(CN2CCC(n3ccc(=O)c4cnc5[nH]ccc5c43)CC2)o1. The van der Waals surface area contributed by atoms with E-state index < -0.39 is 0 Å². The Morgan fingerprint density at radius 2 is 2.04 bits per heavy atom. The molecular formula is C20H19BN4O2. The molecule has 2 radical (unpaired) electrons. The third-order valence-electron chi connectivity index (χ3n) is 5.48. The van der Waals surface area contributed by atoms with Crippen molar-refractivity contribution in [1.82, 2.24) is 19.4 Å². The Hall–Kier alpha value is -2.80. The van der Waals surface area contributed by atoms with Crippen LogP contribution >= 0.6 is 0 Å². The number of aromatic nitrogens is 3. The lowest BCUT2D eigenvalue weighted by Crippen LogP contribution is -2.34. The fourth-order valence-electron chi connectivity index (χ4n) is 4.12. The van der Waals surface area contributed by atoms with Crippen molar-refractivity contribution >= 4 is 35.4 Å². The number of likely N-dealkylation sites (tertiary alicyclic amines) is 1. The summed E-state index contributed by atoms with van der Waals surface area (Å²) < 4.78 is 7.75. The van der Waals surface area contributed by atoms with Crippen LogP contribution in [0.2, 0.25) is 0 Å². The lowest BCUT2D eigenvalue weighted by atomic mass is 10.0. The van der Waals surface area contributed by atoms with E-state index in [1.807, 2.05) is 24.5 Å². The van der Waals surface area contributed by atoms with Crippen molar-refractivity contribution in [3.63, 3.8) is 0 Å². The first-order valence-electron chi connectivity index (χ1n) is 9.22. The lowest BCUT2D eigenvalue weighted by Gasteiger charge is -2.33. The Morgan fingerprint density at radius 1 is 1.19 bits per heavy atom. The molecule has 5 rings (SSSR count). The van der Waals surface area contributed by atoms with Crippen molar-refractivity contribution in [3.8, 4) is 0 Å². The van der Waals surface area contributed by atoms with Gasteiger partial charge in [0.1, 0.15) is 11.4 Å². The number of hydrogen-bond donors (Lipinski definition) is 1. The first-order valence-corrected chi connectivity index (χ1v) is 9.22. The molecule has 4 aromatic heterocycles. The molecule has 0 unspecified atom stereocenters. The number of hydrogen-bond acceptors (Lipinski definition) is 4. The lowest BCUT2D eigenvalue weighted by molar-refractivity contribution is 0.171. The van der Waals surface area contributed by atoms with Gasteiger partial charge < -0.3 is 14.0 Å². The third-order valence-corrected chi connectivity index (χ3v) is 5.48. The smallest absolute Gasteiger partial charge is 0.190 e. The maximum Gasteiger partial charge on any atom is 0.190 e. The van der Waals surface area contributed by atoms with E-state index in [9.17, 15) is 4.79 Å². The third kappa shape index (κ3) is 2.88. The number of H-pyrrole nitrogens is 1. The fourth-order valence-corrected chi connectivity index (χ4v) is 4.12. The first kappa shape index (κ1) is 16.4. The van der Waals surface area contributed by atoms with Gasteiger partial charge in [-0.2, -0.15) is 0 Å². The zero-order valence-corrected chi connectivity index (χ0v) is 14.9. The highest BCUT2D eigenvalue weighted by atomic mass is 16.3. The van der Waals surface area contributed by atoms with Crippen molar-refractivity contribution in [1.29, 1.82) is 0 Å². The van der Waals surface area contributed by atoms with Crippen LogP contribution in [0.15, 0.2) is 52.1 Å². The number of rotatable bonds is 3. The Bertz CT molecular complexity index is 1170. The average Bonchev–Trinajstić information content (AvgIpc) is 3.31. The topological polar surface area (TPSA) is 67.1 Å². The minimum Gasteiger partial charge on any atom is -0.476 e. The second-order valence-electron chi connectivity index (χ2n) is 7.16. The summed E-state index contributed by atoms with van der Waals surface area (Å²) in [4.78, 5) is 22.2. The monoisotopic (exact) mass is 358 g/mol. The van der Waals surface area contributed by atoms with Crippen LogP contribution in [0.25, 0.3) is 21.9 Å². The molecule has 0 atom stereocenters. The number of nitrogens with one attached hydrogen (secondary N) is 1. The van der Waals surface area contributed by atoms with E-state index in [0.29, 0.717) is 17.1 Å². The molecule has 5 heterocycles. The predicted molar refractivity (Wildman–Crippen MR) is 106 cm³/mol.